The van der Waals surface area contributed by atoms with E-state index in [1.165, 1.54) is 16.1 Å². The van der Waals surface area contributed by atoms with Gasteiger partial charge in [-0.25, -0.2) is 12.7 Å². The quantitative estimate of drug-likeness (QED) is 0.874. The Morgan fingerprint density at radius 3 is 2.37 bits per heavy atom. The van der Waals surface area contributed by atoms with Crippen molar-refractivity contribution in [3.8, 4) is 5.69 Å². The van der Waals surface area contributed by atoms with Crippen molar-refractivity contribution in [1.29, 1.82) is 0 Å². The molecule has 1 N–H and O–H groups in total. The number of sulfonamides is 1. The van der Waals surface area contributed by atoms with Crippen LogP contribution >= 0.6 is 0 Å². The van der Waals surface area contributed by atoms with E-state index in [2.05, 4.69) is 16.0 Å². The molecule has 27 heavy (non-hydrogen) atoms. The van der Waals surface area contributed by atoms with Crippen molar-refractivity contribution in [2.45, 2.75) is 39.7 Å². The minimum Gasteiger partial charge on any atom is -0.349 e. The summed E-state index contributed by atoms with van der Waals surface area (Å²) in [5, 5.41) is 3.08. The number of benzene rings is 1. The van der Waals surface area contributed by atoms with Gasteiger partial charge in [0, 0.05) is 36.2 Å². The molecule has 0 radical (unpaired) electrons. The van der Waals surface area contributed by atoms with Gasteiger partial charge in [0.15, 0.2) is 0 Å². The SMILES string of the molecule is Cc1cccc(-n2c(C)cc(C(=O)NC3CCN(S(C)(=O)=O)CC3)c2C)c1. The number of hydrogen-bond acceptors (Lipinski definition) is 3. The summed E-state index contributed by atoms with van der Waals surface area (Å²) in [6.45, 7) is 6.90. The fourth-order valence-corrected chi connectivity index (χ4v) is 4.63. The molecule has 2 heterocycles. The zero-order chi connectivity index (χ0) is 19.8. The second-order valence-corrected chi connectivity index (χ2v) is 9.35. The predicted molar refractivity (Wildman–Crippen MR) is 107 cm³/mol. The van der Waals surface area contributed by atoms with Crippen LogP contribution in [0.2, 0.25) is 0 Å². The number of nitrogens with zero attached hydrogens (tertiary/aromatic N) is 2. The second-order valence-electron chi connectivity index (χ2n) is 7.37. The molecule has 1 aliphatic heterocycles. The molecule has 0 bridgehead atoms. The van der Waals surface area contributed by atoms with Crippen molar-refractivity contribution in [3.05, 3.63) is 52.8 Å². The van der Waals surface area contributed by atoms with E-state index < -0.39 is 10.0 Å². The maximum absolute atomic E-state index is 12.8. The van der Waals surface area contributed by atoms with Crippen LogP contribution in [0.15, 0.2) is 30.3 Å². The first-order valence-electron chi connectivity index (χ1n) is 9.19. The molecule has 1 aromatic carbocycles. The smallest absolute Gasteiger partial charge is 0.253 e. The summed E-state index contributed by atoms with van der Waals surface area (Å²) in [6, 6.07) is 10.1. The Morgan fingerprint density at radius 1 is 1.11 bits per heavy atom. The van der Waals surface area contributed by atoms with Crippen LogP contribution in [0.5, 0.6) is 0 Å². The lowest BCUT2D eigenvalue weighted by Crippen LogP contribution is -2.46. The Bertz CT molecular complexity index is 955. The maximum Gasteiger partial charge on any atom is 0.253 e. The van der Waals surface area contributed by atoms with E-state index in [1.807, 2.05) is 45.0 Å². The first kappa shape index (κ1) is 19.6. The van der Waals surface area contributed by atoms with E-state index in [-0.39, 0.29) is 11.9 Å². The average Bonchev–Trinajstić information content (AvgIpc) is 2.89. The molecule has 0 atom stereocenters. The van der Waals surface area contributed by atoms with E-state index in [0.717, 1.165) is 17.1 Å². The lowest BCUT2D eigenvalue weighted by Gasteiger charge is -2.30. The third kappa shape index (κ3) is 4.25. The monoisotopic (exact) mass is 389 g/mol. The summed E-state index contributed by atoms with van der Waals surface area (Å²) in [6.07, 6.45) is 2.50. The van der Waals surface area contributed by atoms with Gasteiger partial charge in [0.05, 0.1) is 11.8 Å². The van der Waals surface area contributed by atoms with Gasteiger partial charge in [0.2, 0.25) is 10.0 Å². The maximum atomic E-state index is 12.8. The molecule has 3 rings (SSSR count). The molecule has 0 spiro atoms. The fourth-order valence-electron chi connectivity index (χ4n) is 3.75. The van der Waals surface area contributed by atoms with Gasteiger partial charge in [-0.15, -0.1) is 0 Å². The van der Waals surface area contributed by atoms with Gasteiger partial charge in [-0.05, 0) is 57.4 Å². The Balaban J connectivity index is 1.74. The van der Waals surface area contributed by atoms with E-state index in [0.29, 0.717) is 31.5 Å². The molecule has 0 unspecified atom stereocenters. The highest BCUT2D eigenvalue weighted by atomic mass is 32.2. The van der Waals surface area contributed by atoms with Crippen molar-refractivity contribution in [1.82, 2.24) is 14.2 Å². The van der Waals surface area contributed by atoms with Crippen LogP contribution in [0.3, 0.4) is 0 Å². The molecule has 2 aromatic rings. The number of rotatable bonds is 4. The summed E-state index contributed by atoms with van der Waals surface area (Å²) in [5.41, 5.74) is 4.80. The van der Waals surface area contributed by atoms with Crippen LogP contribution in [0.25, 0.3) is 5.69 Å². The lowest BCUT2D eigenvalue weighted by atomic mass is 10.1. The minimum absolute atomic E-state index is 0.00229. The van der Waals surface area contributed by atoms with Crippen LogP contribution in [-0.4, -0.2) is 48.6 Å². The first-order valence-corrected chi connectivity index (χ1v) is 11.0. The van der Waals surface area contributed by atoms with Crippen molar-refractivity contribution in [3.63, 3.8) is 0 Å². The molecule has 0 saturated carbocycles. The fraction of sp³-hybridized carbons (Fsp3) is 0.450. The summed E-state index contributed by atoms with van der Waals surface area (Å²) in [7, 11) is -3.16. The van der Waals surface area contributed by atoms with Crippen molar-refractivity contribution < 1.29 is 13.2 Å². The third-order valence-electron chi connectivity index (χ3n) is 5.19. The number of nitrogens with one attached hydrogen (secondary N) is 1. The number of hydrogen-bond donors (Lipinski definition) is 1. The molecule has 1 amide bonds. The molecule has 1 saturated heterocycles. The van der Waals surface area contributed by atoms with Gasteiger partial charge >= 0.3 is 0 Å². The Kier molecular flexibility index (Phi) is 5.44. The largest absolute Gasteiger partial charge is 0.349 e. The van der Waals surface area contributed by atoms with Crippen LogP contribution in [0, 0.1) is 20.8 Å². The highest BCUT2D eigenvalue weighted by Gasteiger charge is 2.27. The Morgan fingerprint density at radius 2 is 1.78 bits per heavy atom. The molecule has 6 nitrogen and oxygen atoms in total. The molecular formula is C20H27N3O3S. The Hall–Kier alpha value is -2.12. The number of aromatic nitrogens is 1. The van der Waals surface area contributed by atoms with Crippen molar-refractivity contribution in [2.24, 2.45) is 0 Å². The normalized spacial score (nSPS) is 16.4. The van der Waals surface area contributed by atoms with Crippen molar-refractivity contribution >= 4 is 15.9 Å². The van der Waals surface area contributed by atoms with Crippen LogP contribution in [-0.2, 0) is 10.0 Å². The lowest BCUT2D eigenvalue weighted by molar-refractivity contribution is 0.0923. The van der Waals surface area contributed by atoms with E-state index in [1.54, 1.807) is 0 Å². The van der Waals surface area contributed by atoms with Crippen LogP contribution in [0.4, 0.5) is 0 Å². The third-order valence-corrected chi connectivity index (χ3v) is 6.50. The van der Waals surface area contributed by atoms with Gasteiger partial charge in [-0.3, -0.25) is 4.79 Å². The number of aryl methyl sites for hydroxylation is 2. The molecule has 7 heteroatoms. The number of carbonyl (C=O) groups is 1. The predicted octanol–water partition coefficient (Wildman–Crippen LogP) is 2.56. The zero-order valence-corrected chi connectivity index (χ0v) is 17.1. The van der Waals surface area contributed by atoms with Gasteiger partial charge < -0.3 is 9.88 Å². The number of piperidine rings is 1. The summed E-state index contributed by atoms with van der Waals surface area (Å²) >= 11 is 0. The standard InChI is InChI=1S/C20H27N3O3S/c1-14-6-5-7-18(12-14)23-15(2)13-19(16(23)3)20(24)21-17-8-10-22(11-9-17)27(4,25)26/h5-7,12-13,17H,8-11H2,1-4H3,(H,21,24). The van der Waals surface area contributed by atoms with Gasteiger partial charge in [-0.1, -0.05) is 12.1 Å². The Labute approximate surface area is 161 Å². The number of carbonyl (C=O) groups excluding carboxylic acids is 1. The topological polar surface area (TPSA) is 71.4 Å². The van der Waals surface area contributed by atoms with E-state index in [4.69, 9.17) is 0 Å². The molecule has 1 fully saturated rings. The summed E-state index contributed by atoms with van der Waals surface area (Å²) in [4.78, 5) is 12.8. The molecule has 1 aliphatic rings. The molecule has 0 aliphatic carbocycles. The summed E-state index contributed by atoms with van der Waals surface area (Å²) in [5.74, 6) is -0.0974. The molecule has 1 aromatic heterocycles. The second kappa shape index (κ2) is 7.48. The van der Waals surface area contributed by atoms with Crippen LogP contribution < -0.4 is 5.32 Å². The average molecular weight is 390 g/mol. The van der Waals surface area contributed by atoms with Crippen molar-refractivity contribution in [2.75, 3.05) is 19.3 Å². The highest BCUT2D eigenvalue weighted by molar-refractivity contribution is 7.88. The highest BCUT2D eigenvalue weighted by Crippen LogP contribution is 2.22. The van der Waals surface area contributed by atoms with Gasteiger partial charge in [0.1, 0.15) is 0 Å². The first-order chi connectivity index (χ1) is 12.7. The zero-order valence-electron chi connectivity index (χ0n) is 16.3. The van der Waals surface area contributed by atoms with Gasteiger partial charge in [-0.2, -0.15) is 0 Å². The van der Waals surface area contributed by atoms with Gasteiger partial charge in [0.25, 0.3) is 5.91 Å². The van der Waals surface area contributed by atoms with E-state index >= 15 is 0 Å². The minimum atomic E-state index is -3.16. The van der Waals surface area contributed by atoms with Crippen LogP contribution in [0.1, 0.15) is 40.2 Å². The number of amides is 1. The summed E-state index contributed by atoms with van der Waals surface area (Å²) < 4.78 is 26.8. The molecular weight excluding hydrogens is 362 g/mol. The molecule has 146 valence electrons. The van der Waals surface area contributed by atoms with E-state index in [9.17, 15) is 13.2 Å².